The van der Waals surface area contributed by atoms with Crippen molar-refractivity contribution in [1.29, 1.82) is 0 Å². The largest absolute Gasteiger partial charge is 0.507 e. The molecule has 40 heavy (non-hydrogen) atoms. The number of aliphatic hydroxyl groups is 1. The second-order valence-corrected chi connectivity index (χ2v) is 12.2. The number of aromatic hydroxyl groups is 1. The van der Waals surface area contributed by atoms with E-state index in [9.17, 15) is 39.0 Å². The van der Waals surface area contributed by atoms with Gasteiger partial charge in [0, 0.05) is 5.92 Å². The lowest BCUT2D eigenvalue weighted by molar-refractivity contribution is -0.205. The molecular weight excluding hydrogens is 522 g/mol. The number of primary amides is 1. The number of Topliss-reactive ketones (excluding diaryl/α,β-unsaturated/α-hetero) is 4. The number of nitrogens with zero attached hydrogens (tertiary/aromatic N) is 1. The van der Waals surface area contributed by atoms with Crippen LogP contribution in [0.15, 0.2) is 12.1 Å². The average Bonchev–Trinajstić information content (AvgIpc) is 2.84. The molecule has 12 nitrogen and oxygen atoms in total. The van der Waals surface area contributed by atoms with Gasteiger partial charge in [-0.2, -0.15) is 0 Å². The number of phenolic OH excluding ortho intramolecular Hbond substituents is 1. The van der Waals surface area contributed by atoms with Gasteiger partial charge in [0.2, 0.25) is 5.91 Å². The number of ketones is 4. The third-order valence-corrected chi connectivity index (χ3v) is 8.70. The normalized spacial score (nSPS) is 33.8. The summed E-state index contributed by atoms with van der Waals surface area (Å²) in [5.74, 6) is -14.6. The fourth-order valence-electron chi connectivity index (χ4n) is 6.91. The minimum Gasteiger partial charge on any atom is -0.507 e. The number of nitrogens with two attached hydrogens (primary N) is 2. The Bertz CT molecular complexity index is 1350. The van der Waals surface area contributed by atoms with Gasteiger partial charge in [-0.15, -0.1) is 0 Å². The zero-order valence-electron chi connectivity index (χ0n) is 23.3. The molecule has 0 saturated heterocycles. The molecule has 4 rings (SSSR count). The van der Waals surface area contributed by atoms with E-state index >= 15 is 0 Å². The number of esters is 1. The van der Waals surface area contributed by atoms with Crippen molar-refractivity contribution in [3.8, 4) is 5.75 Å². The smallest absolute Gasteiger partial charge is 0.319 e. The van der Waals surface area contributed by atoms with E-state index in [4.69, 9.17) is 16.2 Å². The van der Waals surface area contributed by atoms with Crippen molar-refractivity contribution in [2.24, 2.45) is 35.1 Å². The third-order valence-electron chi connectivity index (χ3n) is 8.70. The van der Waals surface area contributed by atoms with Gasteiger partial charge in [0.25, 0.3) is 0 Å². The van der Waals surface area contributed by atoms with Crippen LogP contribution in [0.4, 0.5) is 0 Å². The first-order chi connectivity index (χ1) is 18.4. The van der Waals surface area contributed by atoms with E-state index in [1.807, 2.05) is 20.8 Å². The highest BCUT2D eigenvalue weighted by molar-refractivity contribution is 6.32. The van der Waals surface area contributed by atoms with Crippen LogP contribution in [0.25, 0.3) is 0 Å². The highest BCUT2D eigenvalue weighted by Crippen LogP contribution is 2.56. The van der Waals surface area contributed by atoms with Gasteiger partial charge in [-0.3, -0.25) is 33.7 Å². The van der Waals surface area contributed by atoms with Crippen LogP contribution in [0.2, 0.25) is 0 Å². The number of carbonyl (C=O) groups is 6. The van der Waals surface area contributed by atoms with E-state index in [-0.39, 0.29) is 11.3 Å². The van der Waals surface area contributed by atoms with Crippen LogP contribution in [0.5, 0.6) is 5.75 Å². The van der Waals surface area contributed by atoms with E-state index in [0.29, 0.717) is 11.1 Å². The molecule has 0 heterocycles. The van der Waals surface area contributed by atoms with Crippen molar-refractivity contribution in [3.05, 3.63) is 28.8 Å². The van der Waals surface area contributed by atoms with Crippen molar-refractivity contribution in [3.63, 3.8) is 0 Å². The summed E-state index contributed by atoms with van der Waals surface area (Å²) in [4.78, 5) is 81.5. The molecule has 12 heteroatoms. The average molecular weight is 558 g/mol. The number of hydrogen-bond donors (Lipinski definition) is 4. The van der Waals surface area contributed by atoms with Gasteiger partial charge >= 0.3 is 5.97 Å². The van der Waals surface area contributed by atoms with Crippen molar-refractivity contribution >= 4 is 35.0 Å². The van der Waals surface area contributed by atoms with Gasteiger partial charge in [-0.1, -0.05) is 39.8 Å². The first-order valence-corrected chi connectivity index (χ1v) is 13.0. The number of hydrogen-bond acceptors (Lipinski definition) is 11. The summed E-state index contributed by atoms with van der Waals surface area (Å²) >= 11 is 0. The first kappa shape index (κ1) is 29.5. The van der Waals surface area contributed by atoms with Gasteiger partial charge in [0.15, 0.2) is 34.7 Å². The number of likely N-dealkylation sites (N-methyl/N-ethyl adjacent to an activating group) is 1. The van der Waals surface area contributed by atoms with Crippen LogP contribution in [0.3, 0.4) is 0 Å². The molecule has 8 atom stereocenters. The molecule has 1 amide bonds. The van der Waals surface area contributed by atoms with Crippen LogP contribution in [0, 0.1) is 23.7 Å². The predicted octanol–water partition coefficient (Wildman–Crippen LogP) is -0.794. The van der Waals surface area contributed by atoms with Crippen LogP contribution >= 0.6 is 0 Å². The molecule has 3 aliphatic rings. The Labute approximate surface area is 231 Å². The number of rotatable bonds is 4. The molecule has 0 aliphatic heterocycles. The van der Waals surface area contributed by atoms with E-state index in [2.05, 4.69) is 0 Å². The molecule has 1 aromatic rings. The molecule has 6 N–H and O–H groups in total. The van der Waals surface area contributed by atoms with E-state index < -0.39 is 94.3 Å². The van der Waals surface area contributed by atoms with Crippen LogP contribution in [-0.2, 0) is 34.1 Å². The molecule has 2 fully saturated rings. The van der Waals surface area contributed by atoms with Crippen molar-refractivity contribution in [2.45, 2.75) is 56.8 Å². The van der Waals surface area contributed by atoms with Gasteiger partial charge < -0.3 is 26.4 Å². The molecule has 1 aromatic carbocycles. The molecule has 3 aliphatic carbocycles. The Morgan fingerprint density at radius 1 is 1.10 bits per heavy atom. The van der Waals surface area contributed by atoms with Gasteiger partial charge in [0.05, 0.1) is 30.0 Å². The summed E-state index contributed by atoms with van der Waals surface area (Å²) in [6.45, 7) is 6.57. The molecule has 216 valence electrons. The van der Waals surface area contributed by atoms with Crippen molar-refractivity contribution in [2.75, 3.05) is 20.6 Å². The Hall–Kier alpha value is -3.48. The molecule has 0 bridgehead atoms. The van der Waals surface area contributed by atoms with Crippen LogP contribution in [0.1, 0.15) is 55.1 Å². The zero-order chi connectivity index (χ0) is 30.2. The number of carbonyl (C=O) groups excluding carboxylic acids is 6. The predicted molar refractivity (Wildman–Crippen MR) is 139 cm³/mol. The van der Waals surface area contributed by atoms with Gasteiger partial charge in [0.1, 0.15) is 11.9 Å². The Morgan fingerprint density at radius 3 is 2.20 bits per heavy atom. The lowest BCUT2D eigenvalue weighted by atomic mass is 9.49. The maximum absolute atomic E-state index is 14.2. The highest BCUT2D eigenvalue weighted by Gasteiger charge is 2.74. The summed E-state index contributed by atoms with van der Waals surface area (Å²) in [5, 5.41) is 23.2. The molecule has 0 aromatic heterocycles. The lowest BCUT2D eigenvalue weighted by Gasteiger charge is -2.56. The Balaban J connectivity index is 2.04. The highest BCUT2D eigenvalue weighted by atomic mass is 16.5. The van der Waals surface area contributed by atoms with Crippen LogP contribution in [-0.4, -0.2) is 88.5 Å². The fraction of sp³-hybridized carbons (Fsp3) is 0.571. The van der Waals surface area contributed by atoms with Crippen LogP contribution < -0.4 is 11.5 Å². The summed E-state index contributed by atoms with van der Waals surface area (Å²) in [6, 6.07) is 1.88. The minimum atomic E-state index is -3.08. The molecule has 2 saturated carbocycles. The second kappa shape index (κ2) is 9.57. The molecule has 0 radical (unpaired) electrons. The Kier molecular flexibility index (Phi) is 7.05. The number of phenols is 1. The number of amides is 1. The SMILES string of the molecule is C[C@H]1c2ccc(C(C)(C)C)c(O)c2C(=O)C2C(=O)[C@]3(O)C(=O)C(C(N)=O)C(=O)[C@@H](N(C)C)C3[C@@H](OC(=O)CN)C21. The Morgan fingerprint density at radius 2 is 1.70 bits per heavy atom. The molecule has 4 unspecified atom stereocenters. The summed E-state index contributed by atoms with van der Waals surface area (Å²) < 4.78 is 5.67. The maximum Gasteiger partial charge on any atom is 0.319 e. The first-order valence-electron chi connectivity index (χ1n) is 13.0. The number of benzene rings is 1. The summed E-state index contributed by atoms with van der Waals surface area (Å²) in [5.41, 5.74) is 7.92. The second-order valence-electron chi connectivity index (χ2n) is 12.2. The van der Waals surface area contributed by atoms with E-state index in [1.165, 1.54) is 19.0 Å². The fourth-order valence-corrected chi connectivity index (χ4v) is 6.91. The summed E-state index contributed by atoms with van der Waals surface area (Å²) in [6.07, 6.45) is -1.52. The van der Waals surface area contributed by atoms with E-state index in [0.717, 1.165) is 0 Å². The maximum atomic E-state index is 14.2. The van der Waals surface area contributed by atoms with Gasteiger partial charge in [-0.25, -0.2) is 0 Å². The standard InChI is InChI=1S/C28H35N3O9/c1-10-11-7-8-12(27(2,3)4)20(33)15(11)21(34)16-14(10)23(40-13(32)9-29)18-19(31(5)6)22(35)17(26(30)38)25(37)28(18,39)24(16)36/h7-8,10,14,16-19,23,33,39H,9,29H2,1-6H3,(H2,30,38)/t10-,14?,16?,17?,18?,19-,23-,28-/m0/s1. The molecule has 0 spiro atoms. The van der Waals surface area contributed by atoms with E-state index in [1.54, 1.807) is 19.1 Å². The summed E-state index contributed by atoms with van der Waals surface area (Å²) in [7, 11) is 2.87. The molecular formula is C28H35N3O9. The zero-order valence-corrected chi connectivity index (χ0v) is 23.3. The topological polar surface area (TPSA) is 207 Å². The third kappa shape index (κ3) is 3.92. The van der Waals surface area contributed by atoms with Crippen molar-refractivity contribution < 1.29 is 43.7 Å². The monoisotopic (exact) mass is 557 g/mol. The minimum absolute atomic E-state index is 0.129. The van der Waals surface area contributed by atoms with Crippen molar-refractivity contribution in [1.82, 2.24) is 4.90 Å². The number of ether oxygens (including phenoxy) is 1. The lowest BCUT2D eigenvalue weighted by Crippen LogP contribution is -2.78. The van der Waals surface area contributed by atoms with Gasteiger partial charge in [-0.05, 0) is 36.6 Å². The number of fused-ring (bicyclic) bond motifs is 3. The quantitative estimate of drug-likeness (QED) is 0.266.